The van der Waals surface area contributed by atoms with Crippen molar-refractivity contribution in [2.75, 3.05) is 13.7 Å². The van der Waals surface area contributed by atoms with E-state index in [1.54, 1.807) is 24.3 Å². The number of ketones is 1. The minimum atomic E-state index is -1.09. The molecule has 1 aromatic rings. The maximum Gasteiger partial charge on any atom is 0.318 e. The molecule has 24 heavy (non-hydrogen) atoms. The summed E-state index contributed by atoms with van der Waals surface area (Å²) in [5.41, 5.74) is 0.668. The Morgan fingerprint density at radius 3 is 2.29 bits per heavy atom. The van der Waals surface area contributed by atoms with Crippen LogP contribution in [0.1, 0.15) is 38.8 Å². The lowest BCUT2D eigenvalue weighted by Crippen LogP contribution is -2.45. The number of urea groups is 1. The minimum Gasteiger partial charge on any atom is -0.468 e. The van der Waals surface area contributed by atoms with Crippen LogP contribution in [-0.4, -0.2) is 31.4 Å². The zero-order valence-corrected chi connectivity index (χ0v) is 14.7. The average Bonchev–Trinajstić information content (AvgIpc) is 2.59. The lowest BCUT2D eigenvalue weighted by atomic mass is 9.90. The first-order valence-electron chi connectivity index (χ1n) is 8.08. The summed E-state index contributed by atoms with van der Waals surface area (Å²) in [6.45, 7) is 5.91. The van der Waals surface area contributed by atoms with Crippen molar-refractivity contribution in [2.24, 2.45) is 11.8 Å². The van der Waals surface area contributed by atoms with E-state index in [0.717, 1.165) is 6.42 Å². The summed E-state index contributed by atoms with van der Waals surface area (Å²) >= 11 is 0. The molecule has 0 aliphatic heterocycles. The summed E-state index contributed by atoms with van der Waals surface area (Å²) in [4.78, 5) is 36.2. The van der Waals surface area contributed by atoms with Crippen LogP contribution in [0, 0.1) is 11.8 Å². The summed E-state index contributed by atoms with van der Waals surface area (Å²) in [6, 6.07) is 7.72. The van der Waals surface area contributed by atoms with Crippen LogP contribution < -0.4 is 10.6 Å². The summed E-state index contributed by atoms with van der Waals surface area (Å²) in [7, 11) is 1.23. The Morgan fingerprint density at radius 1 is 1.17 bits per heavy atom. The second kappa shape index (κ2) is 9.70. The number of carbonyl (C=O) groups excluding carboxylic acids is 3. The van der Waals surface area contributed by atoms with Gasteiger partial charge < -0.3 is 15.4 Å². The first-order chi connectivity index (χ1) is 11.4. The molecule has 132 valence electrons. The SMILES string of the molecule is CC[C@@H](C)CNC(=O)N[C@@H](c1ccccc1)C(C(C)=O)C(=O)OC. The molecule has 1 unspecified atom stereocenters. The second-order valence-electron chi connectivity index (χ2n) is 5.87. The van der Waals surface area contributed by atoms with Gasteiger partial charge >= 0.3 is 12.0 Å². The Balaban J connectivity index is 2.99. The number of hydrogen-bond donors (Lipinski definition) is 2. The predicted octanol–water partition coefficient (Wildman–Crippen LogP) is 2.45. The van der Waals surface area contributed by atoms with E-state index in [0.29, 0.717) is 18.0 Å². The van der Waals surface area contributed by atoms with Gasteiger partial charge in [-0.15, -0.1) is 0 Å². The van der Waals surface area contributed by atoms with Crippen molar-refractivity contribution < 1.29 is 19.1 Å². The van der Waals surface area contributed by atoms with Crippen LogP contribution in [0.15, 0.2) is 30.3 Å². The number of carbonyl (C=O) groups is 3. The molecule has 0 aromatic heterocycles. The van der Waals surface area contributed by atoms with Crippen LogP contribution in [0.25, 0.3) is 0 Å². The van der Waals surface area contributed by atoms with E-state index in [1.165, 1.54) is 14.0 Å². The fourth-order valence-corrected chi connectivity index (χ4v) is 2.29. The van der Waals surface area contributed by atoms with Crippen molar-refractivity contribution in [3.8, 4) is 0 Å². The first kappa shape index (κ1) is 19.7. The van der Waals surface area contributed by atoms with Crippen molar-refractivity contribution >= 4 is 17.8 Å². The summed E-state index contributed by atoms with van der Waals surface area (Å²) in [6.07, 6.45) is 0.945. The van der Waals surface area contributed by atoms with Crippen molar-refractivity contribution in [1.82, 2.24) is 10.6 Å². The normalized spacial score (nSPS) is 14.2. The van der Waals surface area contributed by atoms with Gasteiger partial charge in [-0.1, -0.05) is 50.6 Å². The Morgan fingerprint density at radius 2 is 1.79 bits per heavy atom. The molecule has 0 radical (unpaired) electrons. The van der Waals surface area contributed by atoms with Crippen LogP contribution in [0.5, 0.6) is 0 Å². The van der Waals surface area contributed by atoms with Crippen LogP contribution in [-0.2, 0) is 14.3 Å². The number of ether oxygens (including phenoxy) is 1. The van der Waals surface area contributed by atoms with Gasteiger partial charge in [0.25, 0.3) is 0 Å². The van der Waals surface area contributed by atoms with E-state index >= 15 is 0 Å². The molecule has 0 spiro atoms. The topological polar surface area (TPSA) is 84.5 Å². The number of methoxy groups -OCH3 is 1. The molecule has 0 heterocycles. The molecule has 0 bridgehead atoms. The van der Waals surface area contributed by atoms with Crippen LogP contribution in [0.4, 0.5) is 4.79 Å². The number of amides is 2. The third-order valence-electron chi connectivity index (χ3n) is 3.98. The second-order valence-corrected chi connectivity index (χ2v) is 5.87. The van der Waals surface area contributed by atoms with Crippen molar-refractivity contribution in [2.45, 2.75) is 33.2 Å². The van der Waals surface area contributed by atoms with Gasteiger partial charge in [0.05, 0.1) is 13.2 Å². The van der Waals surface area contributed by atoms with E-state index in [9.17, 15) is 14.4 Å². The van der Waals surface area contributed by atoms with Crippen LogP contribution >= 0.6 is 0 Å². The Hall–Kier alpha value is -2.37. The molecule has 2 N–H and O–H groups in total. The van der Waals surface area contributed by atoms with Gasteiger partial charge in [-0.2, -0.15) is 0 Å². The highest BCUT2D eigenvalue weighted by Gasteiger charge is 2.35. The Labute approximate surface area is 143 Å². The fourth-order valence-electron chi connectivity index (χ4n) is 2.29. The first-order valence-corrected chi connectivity index (χ1v) is 8.08. The number of rotatable bonds is 8. The summed E-state index contributed by atoms with van der Waals surface area (Å²) in [5, 5.41) is 5.51. The van der Waals surface area contributed by atoms with E-state index in [-0.39, 0.29) is 5.78 Å². The van der Waals surface area contributed by atoms with Gasteiger partial charge in [-0.05, 0) is 18.4 Å². The zero-order chi connectivity index (χ0) is 18.1. The van der Waals surface area contributed by atoms with E-state index in [2.05, 4.69) is 10.6 Å². The molecule has 6 nitrogen and oxygen atoms in total. The Kier molecular flexibility index (Phi) is 7.95. The maximum absolute atomic E-state index is 12.2. The van der Waals surface area contributed by atoms with Crippen molar-refractivity contribution in [1.29, 1.82) is 0 Å². The molecule has 0 saturated carbocycles. The van der Waals surface area contributed by atoms with Gasteiger partial charge in [0, 0.05) is 6.54 Å². The highest BCUT2D eigenvalue weighted by atomic mass is 16.5. The van der Waals surface area contributed by atoms with Crippen molar-refractivity contribution in [3.05, 3.63) is 35.9 Å². The van der Waals surface area contributed by atoms with Gasteiger partial charge in [0.2, 0.25) is 0 Å². The molecule has 0 aliphatic carbocycles. The van der Waals surface area contributed by atoms with Crippen LogP contribution in [0.3, 0.4) is 0 Å². The molecular weight excluding hydrogens is 308 g/mol. The largest absolute Gasteiger partial charge is 0.468 e. The highest BCUT2D eigenvalue weighted by Crippen LogP contribution is 2.24. The van der Waals surface area contributed by atoms with Gasteiger partial charge in [0.1, 0.15) is 11.7 Å². The van der Waals surface area contributed by atoms with Gasteiger partial charge in [-0.25, -0.2) is 4.79 Å². The molecule has 6 heteroatoms. The third-order valence-corrected chi connectivity index (χ3v) is 3.98. The van der Waals surface area contributed by atoms with E-state index in [4.69, 9.17) is 4.74 Å². The van der Waals surface area contributed by atoms with E-state index in [1.807, 2.05) is 19.9 Å². The summed E-state index contributed by atoms with van der Waals surface area (Å²) < 4.78 is 4.74. The highest BCUT2D eigenvalue weighted by molar-refractivity contribution is 5.99. The molecule has 0 aliphatic rings. The average molecular weight is 334 g/mol. The minimum absolute atomic E-state index is 0.343. The number of nitrogens with one attached hydrogen (secondary N) is 2. The standard InChI is InChI=1S/C18H26N2O4/c1-5-12(2)11-19-18(23)20-16(14-9-7-6-8-10-14)15(13(3)21)17(22)24-4/h6-10,12,15-16H,5,11H2,1-4H3,(H2,19,20,23)/t12-,15?,16+/m1/s1. The number of esters is 1. The monoisotopic (exact) mass is 334 g/mol. The quantitative estimate of drug-likeness (QED) is 0.565. The van der Waals surface area contributed by atoms with E-state index < -0.39 is 24.0 Å². The maximum atomic E-state index is 12.2. The molecular formula is C18H26N2O4. The summed E-state index contributed by atoms with van der Waals surface area (Å²) in [5.74, 6) is -1.78. The molecule has 0 fully saturated rings. The number of benzene rings is 1. The third kappa shape index (κ3) is 5.68. The smallest absolute Gasteiger partial charge is 0.318 e. The number of hydrogen-bond acceptors (Lipinski definition) is 4. The molecule has 2 amide bonds. The molecule has 3 atom stereocenters. The van der Waals surface area contributed by atoms with Crippen LogP contribution in [0.2, 0.25) is 0 Å². The Bertz CT molecular complexity index is 559. The lowest BCUT2D eigenvalue weighted by Gasteiger charge is -2.25. The molecule has 0 saturated heterocycles. The van der Waals surface area contributed by atoms with Crippen molar-refractivity contribution in [3.63, 3.8) is 0 Å². The van der Waals surface area contributed by atoms with Gasteiger partial charge in [0.15, 0.2) is 0 Å². The fraction of sp³-hybridized carbons (Fsp3) is 0.500. The predicted molar refractivity (Wildman–Crippen MR) is 91.4 cm³/mol. The number of Topliss-reactive ketones (excluding diaryl/α,β-unsaturated/α-hetero) is 1. The van der Waals surface area contributed by atoms with Gasteiger partial charge in [-0.3, -0.25) is 9.59 Å². The zero-order valence-electron chi connectivity index (χ0n) is 14.7. The molecule has 1 aromatic carbocycles. The lowest BCUT2D eigenvalue weighted by molar-refractivity contribution is -0.150. The molecule has 1 rings (SSSR count).